The highest BCUT2D eigenvalue weighted by molar-refractivity contribution is 6.30. The lowest BCUT2D eigenvalue weighted by Gasteiger charge is -2.40. The van der Waals surface area contributed by atoms with E-state index in [1.807, 2.05) is 19.2 Å². The normalized spacial score (nSPS) is 22.9. The van der Waals surface area contributed by atoms with Gasteiger partial charge < -0.3 is 10.6 Å². The molecular formula is C18H29ClN4. The van der Waals surface area contributed by atoms with Crippen LogP contribution in [0.3, 0.4) is 0 Å². The highest BCUT2D eigenvalue weighted by Crippen LogP contribution is 2.35. The van der Waals surface area contributed by atoms with E-state index in [2.05, 4.69) is 46.6 Å². The zero-order chi connectivity index (χ0) is 16.7. The van der Waals surface area contributed by atoms with Crippen LogP contribution in [-0.2, 0) is 0 Å². The summed E-state index contributed by atoms with van der Waals surface area (Å²) in [5.74, 6) is 1.44. The number of nitrogens with one attached hydrogen (secondary N) is 2. The summed E-state index contributed by atoms with van der Waals surface area (Å²) in [6.07, 6.45) is 3.55. The number of aliphatic imine (C=N–C) groups is 1. The molecule has 128 valence electrons. The average molecular weight is 337 g/mol. The maximum absolute atomic E-state index is 6.20. The number of rotatable bonds is 5. The van der Waals surface area contributed by atoms with Gasteiger partial charge in [0.25, 0.3) is 0 Å². The van der Waals surface area contributed by atoms with Crippen molar-refractivity contribution in [3.63, 3.8) is 0 Å². The number of likely N-dealkylation sites (tertiary alicyclic amines) is 1. The number of halogens is 1. The van der Waals surface area contributed by atoms with E-state index in [0.717, 1.165) is 37.0 Å². The van der Waals surface area contributed by atoms with Crippen molar-refractivity contribution in [1.29, 1.82) is 0 Å². The van der Waals surface area contributed by atoms with Crippen molar-refractivity contribution in [1.82, 2.24) is 15.5 Å². The van der Waals surface area contributed by atoms with Gasteiger partial charge in [0.15, 0.2) is 5.96 Å². The highest BCUT2D eigenvalue weighted by atomic mass is 35.5. The molecule has 2 rings (SSSR count). The molecule has 2 unspecified atom stereocenters. The zero-order valence-corrected chi connectivity index (χ0v) is 15.2. The smallest absolute Gasteiger partial charge is 0.190 e. The Bertz CT molecular complexity index is 517. The molecule has 1 aromatic rings. The van der Waals surface area contributed by atoms with E-state index in [0.29, 0.717) is 12.0 Å². The Kier molecular flexibility index (Phi) is 7.18. The molecule has 4 nitrogen and oxygen atoms in total. The predicted octanol–water partition coefficient (Wildman–Crippen LogP) is 3.30. The van der Waals surface area contributed by atoms with Gasteiger partial charge in [-0.05, 0) is 56.5 Å². The van der Waals surface area contributed by atoms with Crippen LogP contribution in [0.4, 0.5) is 0 Å². The van der Waals surface area contributed by atoms with E-state index in [1.165, 1.54) is 18.4 Å². The summed E-state index contributed by atoms with van der Waals surface area (Å²) in [7, 11) is 4.04. The number of benzene rings is 1. The first-order valence-electron chi connectivity index (χ1n) is 8.56. The van der Waals surface area contributed by atoms with Gasteiger partial charge in [0.05, 0.1) is 0 Å². The van der Waals surface area contributed by atoms with E-state index < -0.39 is 0 Å². The van der Waals surface area contributed by atoms with Gasteiger partial charge in [-0.2, -0.15) is 0 Å². The zero-order valence-electron chi connectivity index (χ0n) is 14.5. The monoisotopic (exact) mass is 336 g/mol. The molecule has 1 aliphatic rings. The summed E-state index contributed by atoms with van der Waals surface area (Å²) in [5, 5.41) is 7.64. The van der Waals surface area contributed by atoms with Crippen LogP contribution < -0.4 is 10.6 Å². The summed E-state index contributed by atoms with van der Waals surface area (Å²) in [6, 6.07) is 8.68. The summed E-state index contributed by atoms with van der Waals surface area (Å²) < 4.78 is 0. The molecule has 0 amide bonds. The number of guanidine groups is 1. The van der Waals surface area contributed by atoms with Crippen LogP contribution >= 0.6 is 11.6 Å². The molecule has 0 aliphatic carbocycles. The Balaban J connectivity index is 2.05. The first kappa shape index (κ1) is 18.1. The SMILES string of the molecule is CCCNC(=NC)NCC1CCCN(C)C1c1cccc(Cl)c1. The summed E-state index contributed by atoms with van der Waals surface area (Å²) >= 11 is 6.20. The van der Waals surface area contributed by atoms with Gasteiger partial charge in [0, 0.05) is 31.2 Å². The Hall–Kier alpha value is -1.26. The maximum Gasteiger partial charge on any atom is 0.190 e. The fourth-order valence-electron chi connectivity index (χ4n) is 3.38. The van der Waals surface area contributed by atoms with Crippen molar-refractivity contribution in [2.24, 2.45) is 10.9 Å². The van der Waals surface area contributed by atoms with E-state index in [9.17, 15) is 0 Å². The summed E-state index contributed by atoms with van der Waals surface area (Å²) in [5.41, 5.74) is 1.31. The summed E-state index contributed by atoms with van der Waals surface area (Å²) in [6.45, 7) is 5.16. The highest BCUT2D eigenvalue weighted by Gasteiger charge is 2.30. The lowest BCUT2D eigenvalue weighted by atomic mass is 9.85. The Morgan fingerprint density at radius 2 is 2.22 bits per heavy atom. The quantitative estimate of drug-likeness (QED) is 0.640. The number of hydrogen-bond acceptors (Lipinski definition) is 2. The minimum atomic E-state index is 0.402. The molecule has 0 radical (unpaired) electrons. The molecule has 5 heteroatoms. The third-order valence-electron chi connectivity index (χ3n) is 4.50. The van der Waals surface area contributed by atoms with Crippen molar-refractivity contribution in [2.75, 3.05) is 33.7 Å². The Morgan fingerprint density at radius 1 is 1.39 bits per heavy atom. The first-order valence-corrected chi connectivity index (χ1v) is 8.93. The fourth-order valence-corrected chi connectivity index (χ4v) is 3.58. The molecule has 2 N–H and O–H groups in total. The molecular weight excluding hydrogens is 308 g/mol. The van der Waals surface area contributed by atoms with Gasteiger partial charge >= 0.3 is 0 Å². The number of nitrogens with zero attached hydrogens (tertiary/aromatic N) is 2. The molecule has 23 heavy (non-hydrogen) atoms. The summed E-state index contributed by atoms with van der Waals surface area (Å²) in [4.78, 5) is 6.75. The van der Waals surface area contributed by atoms with Crippen molar-refractivity contribution in [3.8, 4) is 0 Å². The molecule has 0 saturated carbocycles. The van der Waals surface area contributed by atoms with Crippen LogP contribution in [0.1, 0.15) is 37.8 Å². The second-order valence-electron chi connectivity index (χ2n) is 6.26. The van der Waals surface area contributed by atoms with Crippen molar-refractivity contribution >= 4 is 17.6 Å². The van der Waals surface area contributed by atoms with Crippen LogP contribution in [0.5, 0.6) is 0 Å². The largest absolute Gasteiger partial charge is 0.356 e. The van der Waals surface area contributed by atoms with Crippen molar-refractivity contribution in [2.45, 2.75) is 32.2 Å². The molecule has 0 aromatic heterocycles. The Morgan fingerprint density at radius 3 is 2.91 bits per heavy atom. The van der Waals surface area contributed by atoms with Gasteiger partial charge in [-0.15, -0.1) is 0 Å². The van der Waals surface area contributed by atoms with Crippen LogP contribution in [0.15, 0.2) is 29.3 Å². The first-order chi connectivity index (χ1) is 11.2. The van der Waals surface area contributed by atoms with E-state index in [1.54, 1.807) is 0 Å². The second kappa shape index (κ2) is 9.14. The van der Waals surface area contributed by atoms with Crippen LogP contribution in [-0.4, -0.2) is 44.6 Å². The molecule has 1 aromatic carbocycles. The van der Waals surface area contributed by atoms with Gasteiger partial charge in [-0.1, -0.05) is 30.7 Å². The minimum Gasteiger partial charge on any atom is -0.356 e. The van der Waals surface area contributed by atoms with Crippen LogP contribution in [0, 0.1) is 5.92 Å². The fraction of sp³-hybridized carbons (Fsp3) is 0.611. The van der Waals surface area contributed by atoms with Crippen LogP contribution in [0.2, 0.25) is 5.02 Å². The van der Waals surface area contributed by atoms with Gasteiger partial charge in [0.1, 0.15) is 0 Å². The van der Waals surface area contributed by atoms with Gasteiger partial charge in [0.2, 0.25) is 0 Å². The average Bonchev–Trinajstić information content (AvgIpc) is 2.55. The lowest BCUT2D eigenvalue weighted by Crippen LogP contribution is -2.45. The standard InChI is InChI=1S/C18H29ClN4/c1-4-10-21-18(20-2)22-13-15-8-6-11-23(3)17(15)14-7-5-9-16(19)12-14/h5,7,9,12,15,17H,4,6,8,10-11,13H2,1-3H3,(H2,20,21,22). The van der Waals surface area contributed by atoms with Crippen LogP contribution in [0.25, 0.3) is 0 Å². The predicted molar refractivity (Wildman–Crippen MR) is 99.2 cm³/mol. The molecule has 0 spiro atoms. The van der Waals surface area contributed by atoms with Crippen molar-refractivity contribution in [3.05, 3.63) is 34.9 Å². The number of hydrogen-bond donors (Lipinski definition) is 2. The Labute approximate surface area is 145 Å². The lowest BCUT2D eigenvalue weighted by molar-refractivity contribution is 0.122. The molecule has 0 bridgehead atoms. The molecule has 1 fully saturated rings. The molecule has 2 atom stereocenters. The second-order valence-corrected chi connectivity index (χ2v) is 6.70. The minimum absolute atomic E-state index is 0.402. The van der Waals surface area contributed by atoms with E-state index in [4.69, 9.17) is 11.6 Å². The topological polar surface area (TPSA) is 39.7 Å². The maximum atomic E-state index is 6.20. The molecule has 1 heterocycles. The third kappa shape index (κ3) is 5.11. The van der Waals surface area contributed by atoms with E-state index >= 15 is 0 Å². The number of piperidine rings is 1. The van der Waals surface area contributed by atoms with Gasteiger partial charge in [-0.3, -0.25) is 9.89 Å². The van der Waals surface area contributed by atoms with Gasteiger partial charge in [-0.25, -0.2) is 0 Å². The third-order valence-corrected chi connectivity index (χ3v) is 4.73. The molecule has 1 aliphatic heterocycles. The molecule has 1 saturated heterocycles. The van der Waals surface area contributed by atoms with Crippen molar-refractivity contribution < 1.29 is 0 Å². The van der Waals surface area contributed by atoms with E-state index in [-0.39, 0.29) is 0 Å².